The number of carbonyl (C=O) groups excluding carboxylic acids is 2. The number of aromatic nitrogens is 1. The lowest BCUT2D eigenvalue weighted by Gasteiger charge is -2.36. The molecule has 0 unspecified atom stereocenters. The van der Waals surface area contributed by atoms with Gasteiger partial charge in [0.15, 0.2) is 0 Å². The van der Waals surface area contributed by atoms with E-state index < -0.39 is 0 Å². The fourth-order valence-electron chi connectivity index (χ4n) is 4.54. The van der Waals surface area contributed by atoms with Gasteiger partial charge in [0.05, 0.1) is 21.1 Å². The van der Waals surface area contributed by atoms with Gasteiger partial charge in [0.2, 0.25) is 0 Å². The van der Waals surface area contributed by atoms with E-state index in [0.29, 0.717) is 4.91 Å². The van der Waals surface area contributed by atoms with Gasteiger partial charge in [-0.15, -0.1) is 0 Å². The number of rotatable bonds is 5. The average Bonchev–Trinajstić information content (AvgIpc) is 3.15. The van der Waals surface area contributed by atoms with Crippen LogP contribution < -0.4 is 10.2 Å². The Balaban J connectivity index is 1.45. The molecule has 2 amide bonds. The summed E-state index contributed by atoms with van der Waals surface area (Å²) >= 11 is 7.69. The van der Waals surface area contributed by atoms with E-state index in [-0.39, 0.29) is 11.1 Å². The molecule has 0 radical (unpaired) electrons. The topological polar surface area (TPSA) is 65.5 Å². The lowest BCUT2D eigenvalue weighted by Crippen LogP contribution is -2.46. The quantitative estimate of drug-likeness (QED) is 0.480. The van der Waals surface area contributed by atoms with E-state index in [4.69, 9.17) is 11.6 Å². The number of amides is 2. The summed E-state index contributed by atoms with van der Waals surface area (Å²) in [6.45, 7) is 7.43. The largest absolute Gasteiger partial charge is 0.368 e. The summed E-state index contributed by atoms with van der Waals surface area (Å²) in [6.07, 6.45) is 4.71. The zero-order valence-electron chi connectivity index (χ0n) is 18.9. The monoisotopic (exact) mass is 492 g/mol. The van der Waals surface area contributed by atoms with Crippen LogP contribution in [0.2, 0.25) is 5.02 Å². The second-order valence-corrected chi connectivity index (χ2v) is 9.90. The van der Waals surface area contributed by atoms with Crippen LogP contribution in [0.15, 0.2) is 53.6 Å². The predicted molar refractivity (Wildman–Crippen MR) is 140 cm³/mol. The van der Waals surface area contributed by atoms with Crippen LogP contribution >= 0.6 is 23.4 Å². The second kappa shape index (κ2) is 9.78. The van der Waals surface area contributed by atoms with Crippen molar-refractivity contribution in [1.29, 1.82) is 0 Å². The Bertz CT molecular complexity index is 1300. The molecule has 6 nitrogen and oxygen atoms in total. The number of anilines is 1. The van der Waals surface area contributed by atoms with Gasteiger partial charge < -0.3 is 4.90 Å². The molecule has 0 spiro atoms. The third-order valence-corrected chi connectivity index (χ3v) is 7.33. The number of fused-ring (bicyclic) bond motifs is 1. The lowest BCUT2D eigenvalue weighted by molar-refractivity contribution is -0.115. The molecule has 0 atom stereocenters. The van der Waals surface area contributed by atoms with Crippen LogP contribution in [0.5, 0.6) is 0 Å². The van der Waals surface area contributed by atoms with Crippen molar-refractivity contribution >= 4 is 57.2 Å². The maximum atomic E-state index is 11.9. The van der Waals surface area contributed by atoms with Gasteiger partial charge in [-0.1, -0.05) is 30.7 Å². The Morgan fingerprint density at radius 2 is 1.91 bits per heavy atom. The van der Waals surface area contributed by atoms with Gasteiger partial charge in [-0.05, 0) is 77.8 Å². The molecule has 0 saturated carbocycles. The Kier molecular flexibility index (Phi) is 6.59. The number of carbonyl (C=O) groups is 2. The number of hydrogen-bond acceptors (Lipinski definition) is 6. The number of nitrogens with one attached hydrogen (secondary N) is 1. The van der Waals surface area contributed by atoms with Gasteiger partial charge in [0.25, 0.3) is 11.1 Å². The number of imide groups is 1. The number of nitrogens with zero attached hydrogens (tertiary/aromatic N) is 3. The van der Waals surface area contributed by atoms with Crippen molar-refractivity contribution in [1.82, 2.24) is 15.2 Å². The van der Waals surface area contributed by atoms with Crippen LogP contribution in [0.3, 0.4) is 0 Å². The van der Waals surface area contributed by atoms with E-state index in [1.807, 2.05) is 30.3 Å². The Morgan fingerprint density at radius 1 is 1.09 bits per heavy atom. The Hall–Kier alpha value is -2.87. The minimum Gasteiger partial charge on any atom is -0.368 e. The zero-order valence-corrected chi connectivity index (χ0v) is 20.5. The average molecular weight is 493 g/mol. The summed E-state index contributed by atoms with van der Waals surface area (Å²) in [4.78, 5) is 33.2. The van der Waals surface area contributed by atoms with Crippen LogP contribution in [-0.4, -0.2) is 53.8 Å². The number of hydrogen-bond donors (Lipinski definition) is 1. The van der Waals surface area contributed by atoms with Crippen molar-refractivity contribution < 1.29 is 9.59 Å². The summed E-state index contributed by atoms with van der Waals surface area (Å²) in [5.74, 6) is -0.362. The molecule has 3 heterocycles. The normalized spacial score (nSPS) is 18.2. The molecular formula is C26H25ClN4O2S. The molecule has 8 heteroatoms. The highest BCUT2D eigenvalue weighted by Crippen LogP contribution is 2.35. The first kappa shape index (κ1) is 22.9. The first-order chi connectivity index (χ1) is 16.5. The highest BCUT2D eigenvalue weighted by Gasteiger charge is 2.25. The molecule has 0 bridgehead atoms. The number of benzene rings is 2. The molecule has 0 aliphatic carbocycles. The Labute approximate surface area is 208 Å². The van der Waals surface area contributed by atoms with E-state index in [2.05, 4.69) is 39.2 Å². The third-order valence-electron chi connectivity index (χ3n) is 6.22. The highest BCUT2D eigenvalue weighted by molar-refractivity contribution is 8.18. The van der Waals surface area contributed by atoms with Crippen LogP contribution in [0.1, 0.15) is 18.9 Å². The maximum Gasteiger partial charge on any atom is 0.290 e. The molecule has 174 valence electrons. The van der Waals surface area contributed by atoms with Crippen molar-refractivity contribution in [2.75, 3.05) is 37.6 Å². The SMILES string of the molecule is CCCN1CCN(c2ccc(-c3ccnc4ccc(C=C5SC(=O)NC5=O)cc34)cc2Cl)CC1. The maximum absolute atomic E-state index is 11.9. The van der Waals surface area contributed by atoms with Gasteiger partial charge in [-0.25, -0.2) is 0 Å². The van der Waals surface area contributed by atoms with E-state index in [1.54, 1.807) is 12.3 Å². The van der Waals surface area contributed by atoms with Gasteiger partial charge in [-0.2, -0.15) is 0 Å². The molecule has 2 aliphatic rings. The molecule has 2 aromatic carbocycles. The summed E-state index contributed by atoms with van der Waals surface area (Å²) in [6, 6.07) is 14.0. The molecule has 2 aliphatic heterocycles. The van der Waals surface area contributed by atoms with E-state index >= 15 is 0 Å². The standard InChI is InChI=1S/C26H25ClN4O2S/c1-2-9-30-10-12-31(13-11-30)23-6-4-18(16-21(23)27)19-7-8-28-22-5-3-17(14-20(19)22)15-24-25(32)29-26(33)34-24/h3-8,14-16H,2,9-13H2,1H3,(H,29,32,33). The van der Waals surface area contributed by atoms with Crippen molar-refractivity contribution in [3.05, 3.63) is 64.2 Å². The second-order valence-electron chi connectivity index (χ2n) is 8.48. The zero-order chi connectivity index (χ0) is 23.7. The van der Waals surface area contributed by atoms with Gasteiger partial charge in [0, 0.05) is 37.8 Å². The van der Waals surface area contributed by atoms with Crippen molar-refractivity contribution in [2.24, 2.45) is 0 Å². The molecule has 2 fully saturated rings. The minimum absolute atomic E-state index is 0.346. The first-order valence-electron chi connectivity index (χ1n) is 11.4. The molecule has 1 N–H and O–H groups in total. The lowest BCUT2D eigenvalue weighted by atomic mass is 9.99. The summed E-state index contributed by atoms with van der Waals surface area (Å²) in [7, 11) is 0. The number of piperazine rings is 1. The predicted octanol–water partition coefficient (Wildman–Crippen LogP) is 5.41. The van der Waals surface area contributed by atoms with E-state index in [1.165, 1.54) is 6.42 Å². The minimum atomic E-state index is -0.362. The van der Waals surface area contributed by atoms with Gasteiger partial charge in [0.1, 0.15) is 0 Å². The first-order valence-corrected chi connectivity index (χ1v) is 12.6. The van der Waals surface area contributed by atoms with Gasteiger partial charge >= 0.3 is 0 Å². The van der Waals surface area contributed by atoms with E-state index in [0.717, 1.165) is 82.8 Å². The third kappa shape index (κ3) is 4.69. The molecule has 34 heavy (non-hydrogen) atoms. The summed E-state index contributed by atoms with van der Waals surface area (Å²) < 4.78 is 0. The van der Waals surface area contributed by atoms with Crippen molar-refractivity contribution in [3.63, 3.8) is 0 Å². The number of halogens is 1. The molecule has 3 aromatic rings. The van der Waals surface area contributed by atoms with Crippen LogP contribution in [0.4, 0.5) is 10.5 Å². The van der Waals surface area contributed by atoms with Crippen molar-refractivity contribution in [2.45, 2.75) is 13.3 Å². The Morgan fingerprint density at radius 3 is 2.62 bits per heavy atom. The van der Waals surface area contributed by atoms with E-state index in [9.17, 15) is 9.59 Å². The fraction of sp³-hybridized carbons (Fsp3) is 0.269. The number of thioether (sulfide) groups is 1. The highest BCUT2D eigenvalue weighted by atomic mass is 35.5. The van der Waals surface area contributed by atoms with Crippen LogP contribution in [0, 0.1) is 0 Å². The molecule has 5 rings (SSSR count). The van der Waals surface area contributed by atoms with Crippen LogP contribution in [0.25, 0.3) is 28.1 Å². The van der Waals surface area contributed by atoms with Crippen molar-refractivity contribution in [3.8, 4) is 11.1 Å². The molecule has 1 aromatic heterocycles. The fourth-order valence-corrected chi connectivity index (χ4v) is 5.52. The molecule has 2 saturated heterocycles. The smallest absolute Gasteiger partial charge is 0.290 e. The summed E-state index contributed by atoms with van der Waals surface area (Å²) in [5, 5.41) is 3.65. The summed E-state index contributed by atoms with van der Waals surface area (Å²) in [5.41, 5.74) is 4.79. The number of pyridine rings is 1. The molecular weight excluding hydrogens is 468 g/mol. The van der Waals surface area contributed by atoms with Crippen LogP contribution in [-0.2, 0) is 4.79 Å². The van der Waals surface area contributed by atoms with Gasteiger partial charge in [-0.3, -0.25) is 24.8 Å².